The molecule has 0 aliphatic carbocycles. The number of likely N-dealkylation sites (tertiary alicyclic amines) is 1. The molecule has 25 heavy (non-hydrogen) atoms. The first-order valence-electron chi connectivity index (χ1n) is 8.86. The van der Waals surface area contributed by atoms with Gasteiger partial charge in [-0.25, -0.2) is 0 Å². The van der Waals surface area contributed by atoms with Crippen molar-refractivity contribution in [1.29, 1.82) is 0 Å². The number of piperidine rings is 1. The number of hydrogen-bond donors (Lipinski definition) is 1. The van der Waals surface area contributed by atoms with Gasteiger partial charge in [0.1, 0.15) is 5.69 Å². The Balaban J connectivity index is 1.96. The first kappa shape index (κ1) is 19.2. The highest BCUT2D eigenvalue weighted by Gasteiger charge is 2.25. The molecule has 1 aliphatic heterocycles. The highest BCUT2D eigenvalue weighted by Crippen LogP contribution is 2.21. The molecule has 0 unspecified atom stereocenters. The maximum Gasteiger partial charge on any atom is 0.271 e. The van der Waals surface area contributed by atoms with E-state index in [-0.39, 0.29) is 17.9 Å². The fourth-order valence-electron chi connectivity index (χ4n) is 3.17. The Hall–Kier alpha value is -2.15. The van der Waals surface area contributed by atoms with E-state index in [1.54, 1.807) is 13.1 Å². The third-order valence-electron chi connectivity index (χ3n) is 4.48. The average Bonchev–Trinajstić information content (AvgIpc) is 3.09. The van der Waals surface area contributed by atoms with Crippen molar-refractivity contribution >= 4 is 11.8 Å². The molecule has 1 fully saturated rings. The number of nitrogens with zero attached hydrogens (tertiary/aromatic N) is 4. The Morgan fingerprint density at radius 1 is 1.48 bits per heavy atom. The predicted octanol–water partition coefficient (Wildman–Crippen LogP) is 1.30. The maximum atomic E-state index is 12.5. The summed E-state index contributed by atoms with van der Waals surface area (Å²) in [6.07, 6.45) is 3.86. The summed E-state index contributed by atoms with van der Waals surface area (Å²) in [4.78, 5) is 28.2. The van der Waals surface area contributed by atoms with Crippen molar-refractivity contribution in [3.63, 3.8) is 0 Å². The largest absolute Gasteiger partial charge is 0.354 e. The third-order valence-corrected chi connectivity index (χ3v) is 4.48. The quantitative estimate of drug-likeness (QED) is 0.755. The molecule has 2 heterocycles. The van der Waals surface area contributed by atoms with Gasteiger partial charge in [-0.05, 0) is 39.3 Å². The standard InChI is InChI=1S/C18H29N5O2/c1-5-22(11-14(2)3)17(24)13-21-9-6-7-15(12-21)23-10-8-16(20-23)18(25)19-4/h8,10,15H,2,5-7,9,11-13H2,1,3-4H3,(H,19,25)/t15-/m0/s1. The molecule has 7 heteroatoms. The van der Waals surface area contributed by atoms with Gasteiger partial charge in [-0.15, -0.1) is 0 Å². The SMILES string of the molecule is C=C(C)CN(CC)C(=O)CN1CCC[C@H](n2ccc(C(=O)NC)n2)C1. The van der Waals surface area contributed by atoms with Gasteiger partial charge in [-0.1, -0.05) is 12.2 Å². The van der Waals surface area contributed by atoms with Crippen LogP contribution in [0.1, 0.15) is 43.2 Å². The van der Waals surface area contributed by atoms with E-state index in [2.05, 4.69) is 21.9 Å². The molecule has 0 spiro atoms. The topological polar surface area (TPSA) is 70.5 Å². The molecule has 1 aliphatic rings. The van der Waals surface area contributed by atoms with Crippen LogP contribution in [0.4, 0.5) is 0 Å². The molecule has 0 aromatic carbocycles. The molecule has 0 radical (unpaired) electrons. The summed E-state index contributed by atoms with van der Waals surface area (Å²) >= 11 is 0. The lowest BCUT2D eigenvalue weighted by Crippen LogP contribution is -2.45. The van der Waals surface area contributed by atoms with Crippen LogP contribution in [-0.4, -0.2) is 71.2 Å². The highest BCUT2D eigenvalue weighted by atomic mass is 16.2. The number of rotatable bonds is 7. The minimum atomic E-state index is -0.181. The molecule has 0 saturated carbocycles. The Labute approximate surface area is 149 Å². The van der Waals surface area contributed by atoms with Crippen molar-refractivity contribution < 1.29 is 9.59 Å². The van der Waals surface area contributed by atoms with Crippen LogP contribution in [-0.2, 0) is 4.79 Å². The van der Waals surface area contributed by atoms with E-state index in [0.717, 1.165) is 31.5 Å². The zero-order chi connectivity index (χ0) is 18.4. The molecule has 2 amide bonds. The zero-order valence-corrected chi connectivity index (χ0v) is 15.5. The third kappa shape index (κ3) is 5.16. The van der Waals surface area contributed by atoms with Crippen LogP contribution in [0.15, 0.2) is 24.4 Å². The van der Waals surface area contributed by atoms with E-state index in [0.29, 0.717) is 25.3 Å². The van der Waals surface area contributed by atoms with Crippen molar-refractivity contribution in [1.82, 2.24) is 24.9 Å². The van der Waals surface area contributed by atoms with Crippen molar-refractivity contribution in [3.05, 3.63) is 30.1 Å². The van der Waals surface area contributed by atoms with E-state index >= 15 is 0 Å². The van der Waals surface area contributed by atoms with Gasteiger partial charge in [0.2, 0.25) is 5.91 Å². The maximum absolute atomic E-state index is 12.5. The van der Waals surface area contributed by atoms with Crippen LogP contribution < -0.4 is 5.32 Å². The number of amides is 2. The number of aromatic nitrogens is 2. The first-order chi connectivity index (χ1) is 11.9. The summed E-state index contributed by atoms with van der Waals surface area (Å²) < 4.78 is 1.85. The molecule has 0 bridgehead atoms. The Morgan fingerprint density at radius 2 is 2.24 bits per heavy atom. The van der Waals surface area contributed by atoms with Crippen LogP contribution in [0.3, 0.4) is 0 Å². The second-order valence-corrected chi connectivity index (χ2v) is 6.66. The summed E-state index contributed by atoms with van der Waals surface area (Å²) in [5.41, 5.74) is 1.42. The van der Waals surface area contributed by atoms with Crippen molar-refractivity contribution in [2.75, 3.05) is 39.8 Å². The molecule has 1 saturated heterocycles. The average molecular weight is 347 g/mol. The van der Waals surface area contributed by atoms with E-state index < -0.39 is 0 Å². The molecule has 2 rings (SSSR count). The summed E-state index contributed by atoms with van der Waals surface area (Å²) in [6, 6.07) is 1.92. The lowest BCUT2D eigenvalue weighted by atomic mass is 10.1. The predicted molar refractivity (Wildman–Crippen MR) is 97.4 cm³/mol. The van der Waals surface area contributed by atoms with E-state index in [9.17, 15) is 9.59 Å². The van der Waals surface area contributed by atoms with E-state index in [1.165, 1.54) is 0 Å². The molecule has 138 valence electrons. The van der Waals surface area contributed by atoms with Crippen molar-refractivity contribution in [2.45, 2.75) is 32.7 Å². The lowest BCUT2D eigenvalue weighted by molar-refractivity contribution is -0.132. The molecule has 1 aromatic rings. The van der Waals surface area contributed by atoms with Crippen molar-refractivity contribution in [3.8, 4) is 0 Å². The van der Waals surface area contributed by atoms with Gasteiger partial charge in [-0.3, -0.25) is 19.2 Å². The van der Waals surface area contributed by atoms with Gasteiger partial charge in [0.25, 0.3) is 5.91 Å². The minimum absolute atomic E-state index is 0.137. The normalized spacial score (nSPS) is 18.0. The molecule has 1 atom stereocenters. The second-order valence-electron chi connectivity index (χ2n) is 6.66. The Morgan fingerprint density at radius 3 is 2.88 bits per heavy atom. The number of carbonyl (C=O) groups excluding carboxylic acids is 2. The molecule has 1 N–H and O–H groups in total. The number of likely N-dealkylation sites (N-methyl/N-ethyl adjacent to an activating group) is 1. The minimum Gasteiger partial charge on any atom is -0.354 e. The molecular weight excluding hydrogens is 318 g/mol. The fraction of sp³-hybridized carbons (Fsp3) is 0.611. The number of carbonyl (C=O) groups is 2. The van der Waals surface area contributed by atoms with Crippen LogP contribution in [0, 0.1) is 0 Å². The zero-order valence-electron chi connectivity index (χ0n) is 15.5. The van der Waals surface area contributed by atoms with Crippen LogP contribution >= 0.6 is 0 Å². The van der Waals surface area contributed by atoms with Crippen LogP contribution in [0.5, 0.6) is 0 Å². The Bertz CT molecular complexity index is 625. The monoisotopic (exact) mass is 347 g/mol. The van der Waals surface area contributed by atoms with E-state index in [4.69, 9.17) is 0 Å². The smallest absolute Gasteiger partial charge is 0.271 e. The molecular formula is C18H29N5O2. The summed E-state index contributed by atoms with van der Waals surface area (Å²) in [5.74, 6) is -0.0439. The summed E-state index contributed by atoms with van der Waals surface area (Å²) in [7, 11) is 1.60. The van der Waals surface area contributed by atoms with Gasteiger partial charge in [0.05, 0.1) is 12.6 Å². The van der Waals surface area contributed by atoms with Gasteiger partial charge < -0.3 is 10.2 Å². The van der Waals surface area contributed by atoms with Crippen LogP contribution in [0.25, 0.3) is 0 Å². The molecule has 1 aromatic heterocycles. The lowest BCUT2D eigenvalue weighted by Gasteiger charge is -2.33. The summed E-state index contributed by atoms with van der Waals surface area (Å²) in [6.45, 7) is 11.2. The Kier molecular flexibility index (Phi) is 6.75. The fourth-order valence-corrected chi connectivity index (χ4v) is 3.17. The molecule has 7 nitrogen and oxygen atoms in total. The van der Waals surface area contributed by atoms with Gasteiger partial charge in [0.15, 0.2) is 0 Å². The summed E-state index contributed by atoms with van der Waals surface area (Å²) in [5, 5.41) is 6.96. The second kappa shape index (κ2) is 8.80. The number of hydrogen-bond acceptors (Lipinski definition) is 4. The van der Waals surface area contributed by atoms with E-state index in [1.807, 2.05) is 29.6 Å². The van der Waals surface area contributed by atoms with Gasteiger partial charge >= 0.3 is 0 Å². The van der Waals surface area contributed by atoms with Crippen LogP contribution in [0.2, 0.25) is 0 Å². The highest BCUT2D eigenvalue weighted by molar-refractivity contribution is 5.91. The first-order valence-corrected chi connectivity index (χ1v) is 8.86. The number of nitrogens with one attached hydrogen (secondary N) is 1. The van der Waals surface area contributed by atoms with Gasteiger partial charge in [0, 0.05) is 32.9 Å². The van der Waals surface area contributed by atoms with Gasteiger partial charge in [-0.2, -0.15) is 5.10 Å². The van der Waals surface area contributed by atoms with Crippen molar-refractivity contribution in [2.24, 2.45) is 0 Å².